The molecule has 2 aliphatic rings. The van der Waals surface area contributed by atoms with Gasteiger partial charge in [-0.3, -0.25) is 9.59 Å². The van der Waals surface area contributed by atoms with Gasteiger partial charge in [-0.15, -0.1) is 11.3 Å². The molecule has 14 nitrogen and oxygen atoms in total. The number of methoxy groups -OCH3 is 2. The van der Waals surface area contributed by atoms with Crippen LogP contribution in [0, 0.1) is 11.8 Å². The molecule has 6 rings (SSSR count). The van der Waals surface area contributed by atoms with Crippen LogP contribution in [0.2, 0.25) is 0 Å². The predicted molar refractivity (Wildman–Crippen MR) is 203 cm³/mol. The standard InChI is InChI=1S/C38H48N8O6S/c1-21(2)31(43-37(49)51-5)35(47)45-17-7-9-28(45)33-39-20-27(42-33)30-16-14-24(53-30)13-11-23-12-15-25-26(19-23)41-34(40-25)29-10-8-18-46(29)36(48)32(22(3)4)44-38(50)52-6/h11-16,19-22,28-29,31-32H,7-10,17-18H2,1-6H3,(H,39,42)(H,40,41)(H,43,49)(H,44,50)/t28?,29-,31-,32-/m0/s1. The Morgan fingerprint density at radius 1 is 0.830 bits per heavy atom. The first-order valence-corrected chi connectivity index (χ1v) is 18.9. The predicted octanol–water partition coefficient (Wildman–Crippen LogP) is 6.27. The number of rotatable bonds is 11. The Bertz CT molecular complexity index is 1980. The maximum atomic E-state index is 13.6. The molecule has 3 aromatic heterocycles. The molecule has 0 spiro atoms. The highest BCUT2D eigenvalue weighted by molar-refractivity contribution is 7.16. The molecule has 2 fully saturated rings. The normalized spacial score (nSPS) is 18.6. The molecule has 4 N–H and O–H groups in total. The second-order valence-corrected chi connectivity index (χ2v) is 15.3. The van der Waals surface area contributed by atoms with Gasteiger partial charge < -0.3 is 39.9 Å². The van der Waals surface area contributed by atoms with Gasteiger partial charge in [0.05, 0.1) is 54.1 Å². The third-order valence-electron chi connectivity index (χ3n) is 9.94. The maximum Gasteiger partial charge on any atom is 0.407 e. The zero-order valence-corrected chi connectivity index (χ0v) is 31.8. The van der Waals surface area contributed by atoms with Crippen molar-refractivity contribution in [2.45, 2.75) is 77.5 Å². The van der Waals surface area contributed by atoms with E-state index in [0.29, 0.717) is 13.1 Å². The number of imidazole rings is 2. The van der Waals surface area contributed by atoms with Gasteiger partial charge in [0.25, 0.3) is 0 Å². The summed E-state index contributed by atoms with van der Waals surface area (Å²) in [5, 5.41) is 5.39. The lowest BCUT2D eigenvalue weighted by Gasteiger charge is -2.30. The van der Waals surface area contributed by atoms with E-state index in [4.69, 9.17) is 14.5 Å². The number of amides is 4. The van der Waals surface area contributed by atoms with E-state index >= 15 is 0 Å². The van der Waals surface area contributed by atoms with Crippen LogP contribution in [-0.4, -0.2) is 93.1 Å². The largest absolute Gasteiger partial charge is 0.453 e. The maximum absolute atomic E-state index is 13.6. The number of thiophene rings is 1. The van der Waals surface area contributed by atoms with E-state index in [1.807, 2.05) is 61.9 Å². The van der Waals surface area contributed by atoms with Crippen molar-refractivity contribution in [1.29, 1.82) is 0 Å². The van der Waals surface area contributed by atoms with Crippen LogP contribution in [0.1, 0.15) is 87.6 Å². The number of aromatic nitrogens is 4. The molecule has 2 aliphatic heterocycles. The van der Waals surface area contributed by atoms with Crippen LogP contribution >= 0.6 is 11.3 Å². The number of carbonyl (C=O) groups excluding carboxylic acids is 4. The van der Waals surface area contributed by atoms with Crippen molar-refractivity contribution < 1.29 is 28.7 Å². The third kappa shape index (κ3) is 8.24. The van der Waals surface area contributed by atoms with E-state index in [2.05, 4.69) is 49.9 Å². The molecule has 53 heavy (non-hydrogen) atoms. The molecule has 5 heterocycles. The van der Waals surface area contributed by atoms with Crippen molar-refractivity contribution in [2.75, 3.05) is 27.3 Å². The molecule has 0 bridgehead atoms. The highest BCUT2D eigenvalue weighted by Crippen LogP contribution is 2.35. The zero-order valence-electron chi connectivity index (χ0n) is 31.0. The van der Waals surface area contributed by atoms with Gasteiger partial charge in [-0.1, -0.05) is 39.8 Å². The van der Waals surface area contributed by atoms with Crippen LogP contribution in [0.5, 0.6) is 0 Å². The molecule has 4 amide bonds. The SMILES string of the molecule is COC(=O)N[C@H](C(=O)N1CCCC1c1ncc(-c2ccc(C=Cc3ccc4nc([C@@H]5CCCN5C(=O)[C@@H](NC(=O)OC)C(C)C)[nH]c4c3)s2)[nH]1)C(C)C. The number of nitrogens with zero attached hydrogens (tertiary/aromatic N) is 4. The summed E-state index contributed by atoms with van der Waals surface area (Å²) >= 11 is 1.63. The molecular weight excluding hydrogens is 697 g/mol. The van der Waals surface area contributed by atoms with Gasteiger partial charge in [0.15, 0.2) is 0 Å². The first-order chi connectivity index (χ1) is 25.5. The molecule has 282 valence electrons. The van der Waals surface area contributed by atoms with Gasteiger partial charge in [-0.2, -0.15) is 0 Å². The minimum atomic E-state index is -0.688. The first-order valence-electron chi connectivity index (χ1n) is 18.1. The van der Waals surface area contributed by atoms with Crippen LogP contribution in [-0.2, 0) is 19.1 Å². The lowest BCUT2D eigenvalue weighted by Crippen LogP contribution is -2.51. The van der Waals surface area contributed by atoms with Gasteiger partial charge in [0.2, 0.25) is 11.8 Å². The molecule has 0 aliphatic carbocycles. The Balaban J connectivity index is 1.12. The number of likely N-dealkylation sites (tertiary alicyclic amines) is 2. The highest BCUT2D eigenvalue weighted by Gasteiger charge is 2.39. The summed E-state index contributed by atoms with van der Waals surface area (Å²) in [5.41, 5.74) is 3.58. The molecular formula is C38H48N8O6S. The van der Waals surface area contributed by atoms with Crippen molar-refractivity contribution in [1.82, 2.24) is 40.4 Å². The Hall–Kier alpha value is -5.18. The Kier molecular flexibility index (Phi) is 11.5. The highest BCUT2D eigenvalue weighted by atomic mass is 32.1. The summed E-state index contributed by atoms with van der Waals surface area (Å²) in [6.07, 6.45) is 7.95. The molecule has 0 saturated carbocycles. The van der Waals surface area contributed by atoms with Gasteiger partial charge in [0, 0.05) is 18.0 Å². The van der Waals surface area contributed by atoms with Gasteiger partial charge in [-0.05, 0) is 73.4 Å². The van der Waals surface area contributed by atoms with Crippen LogP contribution in [0.3, 0.4) is 0 Å². The minimum absolute atomic E-state index is 0.103. The first kappa shape index (κ1) is 37.6. The Labute approximate surface area is 312 Å². The topological polar surface area (TPSA) is 175 Å². The fourth-order valence-electron chi connectivity index (χ4n) is 7.09. The zero-order chi connectivity index (χ0) is 37.8. The second kappa shape index (κ2) is 16.2. The molecule has 1 unspecified atom stereocenters. The molecule has 2 saturated heterocycles. The molecule has 0 radical (unpaired) electrons. The summed E-state index contributed by atoms with van der Waals surface area (Å²) in [6.45, 7) is 8.79. The van der Waals surface area contributed by atoms with Crippen molar-refractivity contribution in [2.24, 2.45) is 11.8 Å². The fraction of sp³-hybridized carbons (Fsp3) is 0.474. The van der Waals surface area contributed by atoms with E-state index in [1.165, 1.54) is 14.2 Å². The van der Waals surface area contributed by atoms with Gasteiger partial charge in [-0.25, -0.2) is 19.6 Å². The third-order valence-corrected chi connectivity index (χ3v) is 11.0. The number of ether oxygens (including phenoxy) is 2. The number of hydrogen-bond acceptors (Lipinski definition) is 9. The van der Waals surface area contributed by atoms with Crippen LogP contribution in [0.25, 0.3) is 33.8 Å². The van der Waals surface area contributed by atoms with Crippen molar-refractivity contribution in [3.05, 3.63) is 58.6 Å². The van der Waals surface area contributed by atoms with E-state index in [9.17, 15) is 19.2 Å². The lowest BCUT2D eigenvalue weighted by atomic mass is 10.0. The second-order valence-electron chi connectivity index (χ2n) is 14.2. The number of nitrogens with one attached hydrogen (secondary N) is 4. The van der Waals surface area contributed by atoms with Crippen LogP contribution in [0.15, 0.2) is 36.5 Å². The molecule has 15 heteroatoms. The van der Waals surface area contributed by atoms with E-state index in [0.717, 1.165) is 69.4 Å². The van der Waals surface area contributed by atoms with Crippen molar-refractivity contribution in [3.63, 3.8) is 0 Å². The number of alkyl carbamates (subject to hydrolysis) is 2. The van der Waals surface area contributed by atoms with E-state index < -0.39 is 24.3 Å². The summed E-state index contributed by atoms with van der Waals surface area (Å²) < 4.78 is 9.50. The molecule has 4 aromatic rings. The number of benzene rings is 1. The molecule has 4 atom stereocenters. The van der Waals surface area contributed by atoms with Gasteiger partial charge in [0.1, 0.15) is 23.7 Å². The average Bonchev–Trinajstić information content (AvgIpc) is 3.98. The van der Waals surface area contributed by atoms with E-state index in [1.54, 1.807) is 11.3 Å². The average molecular weight is 745 g/mol. The van der Waals surface area contributed by atoms with E-state index in [-0.39, 0.29) is 35.7 Å². The van der Waals surface area contributed by atoms with Crippen molar-refractivity contribution >= 4 is 58.5 Å². The van der Waals surface area contributed by atoms with Gasteiger partial charge >= 0.3 is 12.2 Å². The quantitative estimate of drug-likeness (QED) is 0.139. The summed E-state index contributed by atoms with van der Waals surface area (Å²) in [5.74, 6) is 0.974. The number of fused-ring (bicyclic) bond motifs is 1. The monoisotopic (exact) mass is 744 g/mol. The minimum Gasteiger partial charge on any atom is -0.453 e. The van der Waals surface area contributed by atoms with Crippen LogP contribution < -0.4 is 10.6 Å². The van der Waals surface area contributed by atoms with Crippen molar-refractivity contribution in [3.8, 4) is 10.6 Å². The number of aromatic amines is 2. The summed E-state index contributed by atoms with van der Waals surface area (Å²) in [7, 11) is 2.58. The number of hydrogen-bond donors (Lipinski definition) is 4. The smallest absolute Gasteiger partial charge is 0.407 e. The number of carbonyl (C=O) groups is 4. The Morgan fingerprint density at radius 3 is 2.02 bits per heavy atom. The molecule has 1 aromatic carbocycles. The fourth-order valence-corrected chi connectivity index (χ4v) is 7.97. The van der Waals surface area contributed by atoms with Crippen LogP contribution in [0.4, 0.5) is 9.59 Å². The summed E-state index contributed by atoms with van der Waals surface area (Å²) in [4.78, 5) is 73.1. The number of H-pyrrole nitrogens is 2. The summed E-state index contributed by atoms with van der Waals surface area (Å²) in [6, 6.07) is 8.37. The lowest BCUT2D eigenvalue weighted by molar-refractivity contribution is -0.136. The Morgan fingerprint density at radius 2 is 1.43 bits per heavy atom.